The van der Waals surface area contributed by atoms with Gasteiger partial charge in [-0.1, -0.05) is 58.3 Å². The normalized spacial score (nSPS) is 14.0. The molecule has 126 valence electrons. The van der Waals surface area contributed by atoms with E-state index in [0.717, 1.165) is 26.2 Å². The van der Waals surface area contributed by atoms with Crippen molar-refractivity contribution in [2.45, 2.75) is 83.1 Å². The van der Waals surface area contributed by atoms with Crippen molar-refractivity contribution in [2.75, 3.05) is 0 Å². The van der Waals surface area contributed by atoms with Crippen molar-refractivity contribution in [3.63, 3.8) is 0 Å². The van der Waals surface area contributed by atoms with Gasteiger partial charge in [-0.05, 0) is 13.3 Å². The standard InChI is InChI=1S/C14H29NO5S.Na/c1-3-4-5-6-7-8-9-10-11-12-13(16)15-14(2,17)21(18,19)20;/h17H,3-12H2,1-2H3,(H,15,16)(H,18,19,20);/q;+1/p-1. The molecule has 0 bridgehead atoms. The van der Waals surface area contributed by atoms with Crippen molar-refractivity contribution >= 4 is 16.0 Å². The molecule has 0 saturated heterocycles. The van der Waals surface area contributed by atoms with Crippen LogP contribution < -0.4 is 34.9 Å². The fraction of sp³-hybridized carbons (Fsp3) is 0.929. The zero-order valence-corrected chi connectivity index (χ0v) is 16.9. The van der Waals surface area contributed by atoms with E-state index < -0.39 is 21.1 Å². The van der Waals surface area contributed by atoms with E-state index in [-0.39, 0.29) is 36.0 Å². The average Bonchev–Trinajstić information content (AvgIpc) is 2.35. The molecule has 0 aromatic heterocycles. The van der Waals surface area contributed by atoms with Crippen LogP contribution in [0.1, 0.15) is 78.1 Å². The summed E-state index contributed by atoms with van der Waals surface area (Å²) in [5.74, 6) is -0.623. The first-order chi connectivity index (χ1) is 9.70. The summed E-state index contributed by atoms with van der Waals surface area (Å²) in [5.41, 5.74) is 0. The van der Waals surface area contributed by atoms with E-state index in [1.807, 2.05) is 5.32 Å². The van der Waals surface area contributed by atoms with Gasteiger partial charge in [-0.25, -0.2) is 8.42 Å². The summed E-state index contributed by atoms with van der Waals surface area (Å²) in [7, 11) is -4.97. The summed E-state index contributed by atoms with van der Waals surface area (Å²) in [6.07, 6.45) is 10.0. The first-order valence-corrected chi connectivity index (χ1v) is 9.10. The molecule has 1 unspecified atom stereocenters. The summed E-state index contributed by atoms with van der Waals surface area (Å²) < 4.78 is 32.1. The Morgan fingerprint density at radius 3 is 1.86 bits per heavy atom. The Balaban J connectivity index is 0. The van der Waals surface area contributed by atoms with Crippen molar-refractivity contribution in [3.05, 3.63) is 0 Å². The number of carbonyl (C=O) groups excluding carboxylic acids is 1. The average molecular weight is 345 g/mol. The smallest absolute Gasteiger partial charge is 0.744 e. The van der Waals surface area contributed by atoms with Crippen LogP contribution in [-0.4, -0.2) is 29.0 Å². The Morgan fingerprint density at radius 1 is 1.05 bits per heavy atom. The van der Waals surface area contributed by atoms with Gasteiger partial charge < -0.3 is 15.0 Å². The van der Waals surface area contributed by atoms with Gasteiger partial charge in [-0.3, -0.25) is 4.79 Å². The van der Waals surface area contributed by atoms with E-state index in [1.54, 1.807) is 0 Å². The number of amides is 1. The van der Waals surface area contributed by atoms with Gasteiger partial charge in [0.2, 0.25) is 11.0 Å². The predicted octanol–water partition coefficient (Wildman–Crippen LogP) is -0.761. The molecule has 0 spiro atoms. The molecule has 0 rings (SSSR count). The summed E-state index contributed by atoms with van der Waals surface area (Å²) in [6, 6.07) is 0. The molecule has 0 aliphatic carbocycles. The van der Waals surface area contributed by atoms with Crippen LogP contribution in [0.2, 0.25) is 0 Å². The third kappa shape index (κ3) is 11.8. The second kappa shape index (κ2) is 12.7. The fourth-order valence-electron chi connectivity index (χ4n) is 1.98. The van der Waals surface area contributed by atoms with Crippen molar-refractivity contribution in [2.24, 2.45) is 0 Å². The van der Waals surface area contributed by atoms with E-state index in [9.17, 15) is 22.9 Å². The number of hydrogen-bond acceptors (Lipinski definition) is 5. The van der Waals surface area contributed by atoms with E-state index in [4.69, 9.17) is 0 Å². The quantitative estimate of drug-likeness (QED) is 0.209. The topological polar surface area (TPSA) is 107 Å². The maximum Gasteiger partial charge on any atom is 1.00 e. The Hall–Kier alpha value is 0.340. The van der Waals surface area contributed by atoms with Gasteiger partial charge >= 0.3 is 29.6 Å². The van der Waals surface area contributed by atoms with Gasteiger partial charge in [0.1, 0.15) is 10.1 Å². The first-order valence-electron chi connectivity index (χ1n) is 7.69. The van der Waals surface area contributed by atoms with Crippen LogP contribution in [0.5, 0.6) is 0 Å². The Morgan fingerprint density at radius 2 is 1.45 bits per heavy atom. The fourth-order valence-corrected chi connectivity index (χ4v) is 2.22. The maximum atomic E-state index is 11.4. The Bertz CT molecular complexity index is 398. The minimum absolute atomic E-state index is 0. The minimum Gasteiger partial charge on any atom is -0.744 e. The molecule has 1 atom stereocenters. The molecule has 0 aliphatic heterocycles. The largest absolute Gasteiger partial charge is 1.00 e. The second-order valence-corrected chi connectivity index (χ2v) is 7.27. The number of aliphatic hydroxyl groups is 1. The first kappa shape index (κ1) is 24.6. The molecule has 0 saturated carbocycles. The second-order valence-electron chi connectivity index (χ2n) is 5.56. The van der Waals surface area contributed by atoms with Crippen molar-refractivity contribution < 1.29 is 52.4 Å². The number of hydrogen-bond donors (Lipinski definition) is 2. The van der Waals surface area contributed by atoms with Crippen molar-refractivity contribution in [1.82, 2.24) is 5.32 Å². The van der Waals surface area contributed by atoms with Gasteiger partial charge in [0.05, 0.1) is 0 Å². The van der Waals surface area contributed by atoms with Crippen LogP contribution in [0.25, 0.3) is 0 Å². The molecule has 2 N–H and O–H groups in total. The summed E-state index contributed by atoms with van der Waals surface area (Å²) in [5, 5.41) is 8.44. The zero-order chi connectivity index (χ0) is 16.4. The van der Waals surface area contributed by atoms with E-state index in [0.29, 0.717) is 6.42 Å². The molecular formula is C14H28NNaO5S. The van der Waals surface area contributed by atoms with Crippen LogP contribution in [0.4, 0.5) is 0 Å². The van der Waals surface area contributed by atoms with Crippen LogP contribution in [0, 0.1) is 0 Å². The van der Waals surface area contributed by atoms with Gasteiger partial charge in [-0.15, -0.1) is 0 Å². The van der Waals surface area contributed by atoms with Gasteiger partial charge in [0.15, 0.2) is 0 Å². The molecular weight excluding hydrogens is 317 g/mol. The number of carbonyl (C=O) groups is 1. The molecule has 0 fully saturated rings. The summed E-state index contributed by atoms with van der Waals surface area (Å²) >= 11 is 0. The molecule has 0 radical (unpaired) electrons. The number of rotatable bonds is 12. The number of unbranched alkanes of at least 4 members (excludes halogenated alkanes) is 8. The minimum atomic E-state index is -4.97. The molecule has 1 amide bonds. The Labute approximate surface area is 156 Å². The summed E-state index contributed by atoms with van der Waals surface area (Å²) in [4.78, 5) is 11.4. The third-order valence-electron chi connectivity index (χ3n) is 3.37. The third-order valence-corrected chi connectivity index (χ3v) is 4.44. The van der Waals surface area contributed by atoms with Crippen molar-refractivity contribution in [1.29, 1.82) is 0 Å². The van der Waals surface area contributed by atoms with E-state index in [2.05, 4.69) is 6.92 Å². The SMILES string of the molecule is CCCCCCCCCCCC(=O)NC(C)(O)S(=O)(=O)[O-].[Na+]. The van der Waals surface area contributed by atoms with Gasteiger partial charge in [0, 0.05) is 6.42 Å². The van der Waals surface area contributed by atoms with E-state index >= 15 is 0 Å². The molecule has 8 heteroatoms. The zero-order valence-electron chi connectivity index (χ0n) is 14.1. The predicted molar refractivity (Wildman–Crippen MR) is 80.3 cm³/mol. The summed E-state index contributed by atoms with van der Waals surface area (Å²) in [6.45, 7) is 2.95. The van der Waals surface area contributed by atoms with Crippen molar-refractivity contribution in [3.8, 4) is 0 Å². The van der Waals surface area contributed by atoms with Crippen LogP contribution in [0.3, 0.4) is 0 Å². The van der Waals surface area contributed by atoms with Gasteiger partial charge in [-0.2, -0.15) is 0 Å². The molecule has 0 heterocycles. The molecule has 0 aromatic rings. The monoisotopic (exact) mass is 345 g/mol. The van der Waals surface area contributed by atoms with Crippen LogP contribution in [0.15, 0.2) is 0 Å². The molecule has 0 aliphatic rings. The maximum absolute atomic E-state index is 11.4. The Kier molecular flexibility index (Phi) is 14.2. The van der Waals surface area contributed by atoms with Gasteiger partial charge in [0.25, 0.3) is 0 Å². The van der Waals surface area contributed by atoms with Crippen LogP contribution >= 0.6 is 0 Å². The molecule has 6 nitrogen and oxygen atoms in total. The van der Waals surface area contributed by atoms with E-state index in [1.165, 1.54) is 32.1 Å². The molecule has 22 heavy (non-hydrogen) atoms. The number of nitrogens with one attached hydrogen (secondary N) is 1. The van der Waals surface area contributed by atoms with Crippen LogP contribution in [-0.2, 0) is 14.9 Å². The molecule has 0 aromatic carbocycles.